The second-order valence-electron chi connectivity index (χ2n) is 7.25. The summed E-state index contributed by atoms with van der Waals surface area (Å²) in [5, 5.41) is 4.21. The third kappa shape index (κ3) is 2.83. The normalized spacial score (nSPS) is 24.6. The van der Waals surface area contributed by atoms with Gasteiger partial charge in [0.05, 0.1) is 6.04 Å². The summed E-state index contributed by atoms with van der Waals surface area (Å²) in [6, 6.07) is 14.9. The molecule has 0 unspecified atom stereocenters. The maximum atomic E-state index is 6.44. The van der Waals surface area contributed by atoms with Gasteiger partial charge in [0.25, 0.3) is 0 Å². The van der Waals surface area contributed by atoms with Crippen molar-refractivity contribution in [1.82, 2.24) is 5.32 Å². The SMILES string of the molecule is CC(C)c1ccc(N2C(=S)N[C@H]3C[C@@]2(C)Oc2ccc(Br)cc23)cc1. The van der Waals surface area contributed by atoms with Gasteiger partial charge in [-0.2, -0.15) is 0 Å². The second-order valence-corrected chi connectivity index (χ2v) is 8.55. The van der Waals surface area contributed by atoms with Gasteiger partial charge in [0, 0.05) is 22.1 Å². The Bertz CT molecular complexity index is 836. The summed E-state index contributed by atoms with van der Waals surface area (Å²) in [6.07, 6.45) is 0.836. The Labute approximate surface area is 162 Å². The van der Waals surface area contributed by atoms with Gasteiger partial charge < -0.3 is 10.1 Å². The quantitative estimate of drug-likeness (QED) is 0.652. The largest absolute Gasteiger partial charge is 0.467 e. The zero-order valence-electron chi connectivity index (χ0n) is 14.5. The van der Waals surface area contributed by atoms with Gasteiger partial charge in [-0.25, -0.2) is 0 Å². The fourth-order valence-corrected chi connectivity index (χ4v) is 4.56. The van der Waals surface area contributed by atoms with Crippen LogP contribution in [0.3, 0.4) is 0 Å². The van der Waals surface area contributed by atoms with Crippen molar-refractivity contribution < 1.29 is 4.74 Å². The minimum Gasteiger partial charge on any atom is -0.467 e. The molecule has 0 aliphatic carbocycles. The molecule has 2 bridgehead atoms. The summed E-state index contributed by atoms with van der Waals surface area (Å²) in [5.41, 5.74) is 3.04. The monoisotopic (exact) mass is 416 g/mol. The van der Waals surface area contributed by atoms with Crippen LogP contribution in [-0.4, -0.2) is 10.8 Å². The number of fused-ring (bicyclic) bond motifs is 4. The van der Waals surface area contributed by atoms with E-state index < -0.39 is 5.72 Å². The van der Waals surface area contributed by atoms with Gasteiger partial charge >= 0.3 is 0 Å². The lowest BCUT2D eigenvalue weighted by molar-refractivity contribution is 0.0497. The molecule has 1 fully saturated rings. The molecule has 0 spiro atoms. The van der Waals surface area contributed by atoms with Crippen molar-refractivity contribution >= 4 is 38.9 Å². The van der Waals surface area contributed by atoms with E-state index in [2.05, 4.69) is 77.2 Å². The van der Waals surface area contributed by atoms with Crippen molar-refractivity contribution in [2.75, 3.05) is 4.90 Å². The average molecular weight is 417 g/mol. The van der Waals surface area contributed by atoms with Gasteiger partial charge in [0.15, 0.2) is 10.8 Å². The first-order valence-corrected chi connectivity index (χ1v) is 9.77. The summed E-state index contributed by atoms with van der Waals surface area (Å²) in [4.78, 5) is 2.11. The highest BCUT2D eigenvalue weighted by Crippen LogP contribution is 2.46. The topological polar surface area (TPSA) is 24.5 Å². The first kappa shape index (κ1) is 16.9. The Hall–Kier alpha value is -1.59. The number of rotatable bonds is 2. The Morgan fingerprint density at radius 2 is 1.96 bits per heavy atom. The number of halogens is 1. The number of anilines is 1. The van der Waals surface area contributed by atoms with Crippen LogP contribution in [0.1, 0.15) is 50.3 Å². The van der Waals surface area contributed by atoms with E-state index in [1.54, 1.807) is 0 Å². The van der Waals surface area contributed by atoms with E-state index in [0.29, 0.717) is 11.0 Å². The highest BCUT2D eigenvalue weighted by Gasteiger charge is 2.48. The van der Waals surface area contributed by atoms with E-state index in [-0.39, 0.29) is 6.04 Å². The van der Waals surface area contributed by atoms with Crippen LogP contribution in [0, 0.1) is 0 Å². The fourth-order valence-electron chi connectivity index (χ4n) is 3.74. The van der Waals surface area contributed by atoms with Crippen LogP contribution in [0.2, 0.25) is 0 Å². The molecule has 4 rings (SSSR count). The first-order chi connectivity index (χ1) is 11.9. The zero-order chi connectivity index (χ0) is 17.8. The predicted octanol–water partition coefficient (Wildman–Crippen LogP) is 5.51. The second kappa shape index (κ2) is 5.99. The van der Waals surface area contributed by atoms with Crippen LogP contribution in [0.4, 0.5) is 5.69 Å². The molecule has 3 nitrogen and oxygen atoms in total. The molecule has 2 heterocycles. The molecule has 0 radical (unpaired) electrons. The number of hydrogen-bond donors (Lipinski definition) is 1. The van der Waals surface area contributed by atoms with Crippen molar-refractivity contribution in [3.63, 3.8) is 0 Å². The highest BCUT2D eigenvalue weighted by molar-refractivity contribution is 9.10. The smallest absolute Gasteiger partial charge is 0.188 e. The molecule has 2 aliphatic heterocycles. The minimum absolute atomic E-state index is 0.171. The maximum absolute atomic E-state index is 6.44. The molecule has 0 saturated carbocycles. The van der Waals surface area contributed by atoms with Crippen LogP contribution >= 0.6 is 28.1 Å². The summed E-state index contributed by atoms with van der Waals surface area (Å²) in [6.45, 7) is 6.52. The molecule has 0 aromatic heterocycles. The summed E-state index contributed by atoms with van der Waals surface area (Å²) < 4.78 is 7.49. The van der Waals surface area contributed by atoms with Crippen molar-refractivity contribution in [1.29, 1.82) is 0 Å². The van der Waals surface area contributed by atoms with Crippen LogP contribution in [0.25, 0.3) is 0 Å². The van der Waals surface area contributed by atoms with Crippen LogP contribution < -0.4 is 15.0 Å². The highest BCUT2D eigenvalue weighted by atomic mass is 79.9. The van der Waals surface area contributed by atoms with E-state index in [1.807, 2.05) is 12.1 Å². The zero-order valence-corrected chi connectivity index (χ0v) is 16.9. The van der Waals surface area contributed by atoms with Gasteiger partial charge in [-0.3, -0.25) is 4.90 Å². The molecule has 2 aliphatic rings. The molecular formula is C20H21BrN2OS. The summed E-state index contributed by atoms with van der Waals surface area (Å²) in [5.74, 6) is 1.43. The number of nitrogens with zero attached hydrogens (tertiary/aromatic N) is 1. The Morgan fingerprint density at radius 1 is 1.24 bits per heavy atom. The van der Waals surface area contributed by atoms with Crippen molar-refractivity contribution in [3.05, 3.63) is 58.1 Å². The first-order valence-electron chi connectivity index (χ1n) is 8.56. The van der Waals surface area contributed by atoms with Crippen LogP contribution in [0.15, 0.2) is 46.9 Å². The molecule has 1 saturated heterocycles. The van der Waals surface area contributed by atoms with Crippen molar-refractivity contribution in [2.24, 2.45) is 0 Å². The third-order valence-electron chi connectivity index (χ3n) is 5.05. The van der Waals surface area contributed by atoms with Crippen LogP contribution in [0.5, 0.6) is 5.75 Å². The summed E-state index contributed by atoms with van der Waals surface area (Å²) in [7, 11) is 0. The molecule has 0 amide bonds. The Balaban J connectivity index is 1.73. The van der Waals surface area contributed by atoms with Gasteiger partial charge in [-0.15, -0.1) is 0 Å². The van der Waals surface area contributed by atoms with Crippen molar-refractivity contribution in [2.45, 2.75) is 44.9 Å². The van der Waals surface area contributed by atoms with Crippen LogP contribution in [-0.2, 0) is 0 Å². The Kier molecular flexibility index (Phi) is 4.04. The lowest BCUT2D eigenvalue weighted by atomic mass is 9.90. The van der Waals surface area contributed by atoms with E-state index in [0.717, 1.165) is 27.9 Å². The lowest BCUT2D eigenvalue weighted by Crippen LogP contribution is -2.65. The van der Waals surface area contributed by atoms with Gasteiger partial charge in [-0.05, 0) is 61.0 Å². The van der Waals surface area contributed by atoms with E-state index in [9.17, 15) is 0 Å². The molecule has 25 heavy (non-hydrogen) atoms. The lowest BCUT2D eigenvalue weighted by Gasteiger charge is -2.52. The molecule has 2 atom stereocenters. The molecule has 130 valence electrons. The van der Waals surface area contributed by atoms with Gasteiger partial charge in [-0.1, -0.05) is 41.9 Å². The summed E-state index contributed by atoms with van der Waals surface area (Å²) >= 11 is 9.25. The predicted molar refractivity (Wildman–Crippen MR) is 109 cm³/mol. The van der Waals surface area contributed by atoms with Gasteiger partial charge in [0.1, 0.15) is 5.75 Å². The molecule has 2 aromatic carbocycles. The third-order valence-corrected chi connectivity index (χ3v) is 5.85. The Morgan fingerprint density at radius 3 is 2.64 bits per heavy atom. The van der Waals surface area contributed by atoms with E-state index in [4.69, 9.17) is 17.0 Å². The molecule has 5 heteroatoms. The molecule has 1 N–H and O–H groups in total. The minimum atomic E-state index is -0.493. The van der Waals surface area contributed by atoms with E-state index >= 15 is 0 Å². The number of benzene rings is 2. The van der Waals surface area contributed by atoms with E-state index in [1.165, 1.54) is 5.56 Å². The van der Waals surface area contributed by atoms with Gasteiger partial charge in [0.2, 0.25) is 0 Å². The number of nitrogens with one attached hydrogen (secondary N) is 1. The standard InChI is InChI=1S/C20H21BrN2OS/c1-12(2)13-4-7-15(8-5-13)23-19(25)22-17-11-20(23,3)24-18-9-6-14(21)10-16(17)18/h4-10,12,17H,11H2,1-3H3,(H,22,25)/t17-,20+/m0/s1. The molecular weight excluding hydrogens is 396 g/mol. The number of ether oxygens (including phenoxy) is 1. The fraction of sp³-hybridized carbons (Fsp3) is 0.350. The molecule has 2 aromatic rings. The van der Waals surface area contributed by atoms with Crippen molar-refractivity contribution in [3.8, 4) is 5.75 Å². The maximum Gasteiger partial charge on any atom is 0.188 e. The average Bonchev–Trinajstić information content (AvgIpc) is 2.55. The number of thiocarbonyl (C=S) groups is 1. The number of hydrogen-bond acceptors (Lipinski definition) is 2.